The van der Waals surface area contributed by atoms with Gasteiger partial charge in [0.05, 0.1) is 23.7 Å². The van der Waals surface area contributed by atoms with Crippen LogP contribution in [0, 0.1) is 10.1 Å². The number of nitro groups is 1. The van der Waals surface area contributed by atoms with Crippen LogP contribution in [0.3, 0.4) is 0 Å². The summed E-state index contributed by atoms with van der Waals surface area (Å²) in [5.74, 6) is -0.144. The molecule has 0 saturated carbocycles. The van der Waals surface area contributed by atoms with Crippen molar-refractivity contribution >= 4 is 28.9 Å². The van der Waals surface area contributed by atoms with Crippen LogP contribution < -0.4 is 20.3 Å². The van der Waals surface area contributed by atoms with Crippen molar-refractivity contribution in [2.45, 2.75) is 38.8 Å². The first-order valence-corrected chi connectivity index (χ1v) is 10.3. The van der Waals surface area contributed by atoms with Crippen molar-refractivity contribution in [1.82, 2.24) is 5.32 Å². The van der Waals surface area contributed by atoms with Gasteiger partial charge in [0, 0.05) is 12.1 Å². The van der Waals surface area contributed by atoms with Gasteiger partial charge in [-0.15, -0.1) is 0 Å². The van der Waals surface area contributed by atoms with Crippen molar-refractivity contribution in [2.24, 2.45) is 0 Å². The van der Waals surface area contributed by atoms with Crippen LogP contribution in [-0.2, 0) is 9.59 Å². The van der Waals surface area contributed by atoms with E-state index in [1.807, 2.05) is 26.0 Å². The molecule has 1 aliphatic rings. The first-order valence-electron chi connectivity index (χ1n) is 10.3. The Kier molecular flexibility index (Phi) is 7.07. The molecule has 2 amide bonds. The normalized spacial score (nSPS) is 15.1. The highest BCUT2D eigenvalue weighted by Gasteiger charge is 2.32. The van der Waals surface area contributed by atoms with Gasteiger partial charge in [0.2, 0.25) is 5.91 Å². The van der Waals surface area contributed by atoms with E-state index in [-0.39, 0.29) is 36.4 Å². The van der Waals surface area contributed by atoms with E-state index in [9.17, 15) is 19.7 Å². The van der Waals surface area contributed by atoms with E-state index in [4.69, 9.17) is 4.74 Å². The molecule has 3 rings (SSSR count). The van der Waals surface area contributed by atoms with Gasteiger partial charge >= 0.3 is 0 Å². The number of hydrogen-bond acceptors (Lipinski definition) is 6. The standard InChI is InChI=1S/C22H26N4O5/c1-3-15(4-2)23-22(28)20-13-25(18-11-7-8-12-19(18)31-20)14-21(27)24-16-9-5-6-10-17(16)26(29)30/h5-12,15,20H,3-4,13-14H2,1-2H3,(H,23,28)(H,24,27). The predicted molar refractivity (Wildman–Crippen MR) is 117 cm³/mol. The molecule has 1 aliphatic heterocycles. The van der Waals surface area contributed by atoms with E-state index in [0.29, 0.717) is 11.4 Å². The zero-order valence-corrected chi connectivity index (χ0v) is 17.5. The van der Waals surface area contributed by atoms with E-state index < -0.39 is 16.9 Å². The number of anilines is 2. The lowest BCUT2D eigenvalue weighted by Gasteiger charge is -2.35. The summed E-state index contributed by atoms with van der Waals surface area (Å²) in [6, 6.07) is 13.2. The molecule has 9 nitrogen and oxygen atoms in total. The molecule has 0 aromatic heterocycles. The van der Waals surface area contributed by atoms with Crippen molar-refractivity contribution in [3.63, 3.8) is 0 Å². The molecule has 2 aromatic rings. The van der Waals surface area contributed by atoms with Crippen LogP contribution in [0.2, 0.25) is 0 Å². The Morgan fingerprint density at radius 3 is 2.55 bits per heavy atom. The number of nitrogens with zero attached hydrogens (tertiary/aromatic N) is 2. The lowest BCUT2D eigenvalue weighted by molar-refractivity contribution is -0.383. The number of nitro benzene ring substituents is 1. The number of carbonyl (C=O) groups is 2. The zero-order chi connectivity index (χ0) is 22.4. The molecular formula is C22H26N4O5. The maximum atomic E-state index is 12.7. The second-order valence-electron chi connectivity index (χ2n) is 7.30. The lowest BCUT2D eigenvalue weighted by Crippen LogP contribution is -2.52. The van der Waals surface area contributed by atoms with Crippen LogP contribution in [0.15, 0.2) is 48.5 Å². The average Bonchev–Trinajstić information content (AvgIpc) is 2.77. The molecule has 1 heterocycles. The lowest BCUT2D eigenvalue weighted by atomic mass is 10.1. The Morgan fingerprint density at radius 2 is 1.84 bits per heavy atom. The Hall–Kier alpha value is -3.62. The van der Waals surface area contributed by atoms with E-state index in [0.717, 1.165) is 12.8 Å². The Labute approximate surface area is 180 Å². The minimum atomic E-state index is -0.769. The van der Waals surface area contributed by atoms with Crippen molar-refractivity contribution in [3.05, 3.63) is 58.6 Å². The summed E-state index contributed by atoms with van der Waals surface area (Å²) < 4.78 is 5.89. The van der Waals surface area contributed by atoms with Crippen LogP contribution in [0.5, 0.6) is 5.75 Å². The number of fused-ring (bicyclic) bond motifs is 1. The summed E-state index contributed by atoms with van der Waals surface area (Å²) >= 11 is 0. The van der Waals surface area contributed by atoms with Crippen molar-refractivity contribution in [1.29, 1.82) is 0 Å². The Bertz CT molecular complexity index is 960. The molecule has 9 heteroatoms. The minimum Gasteiger partial charge on any atom is -0.477 e. The number of para-hydroxylation sites is 4. The number of amides is 2. The SMILES string of the molecule is CCC(CC)NC(=O)C1CN(CC(=O)Nc2ccccc2[N+](=O)[O-])c2ccccc2O1. The monoisotopic (exact) mass is 426 g/mol. The van der Waals surface area contributed by atoms with Gasteiger partial charge in [0.1, 0.15) is 11.4 Å². The van der Waals surface area contributed by atoms with Crippen LogP contribution in [0.25, 0.3) is 0 Å². The fourth-order valence-electron chi connectivity index (χ4n) is 3.48. The van der Waals surface area contributed by atoms with Gasteiger partial charge in [0.25, 0.3) is 11.6 Å². The Morgan fingerprint density at radius 1 is 1.16 bits per heavy atom. The van der Waals surface area contributed by atoms with Gasteiger partial charge in [-0.3, -0.25) is 19.7 Å². The van der Waals surface area contributed by atoms with Crippen LogP contribution in [0.4, 0.5) is 17.1 Å². The molecular weight excluding hydrogens is 400 g/mol. The summed E-state index contributed by atoms with van der Waals surface area (Å²) in [4.78, 5) is 37.8. The minimum absolute atomic E-state index is 0.0589. The van der Waals surface area contributed by atoms with Gasteiger partial charge < -0.3 is 20.3 Å². The molecule has 0 spiro atoms. The Balaban J connectivity index is 1.75. The fraction of sp³-hybridized carbons (Fsp3) is 0.364. The first-order chi connectivity index (χ1) is 14.9. The van der Waals surface area contributed by atoms with Crippen molar-refractivity contribution < 1.29 is 19.2 Å². The number of rotatable bonds is 8. The predicted octanol–water partition coefficient (Wildman–Crippen LogP) is 3.11. The molecule has 1 atom stereocenters. The average molecular weight is 426 g/mol. The molecule has 0 saturated heterocycles. The molecule has 1 unspecified atom stereocenters. The summed E-state index contributed by atoms with van der Waals surface area (Å²) in [5.41, 5.74) is 0.634. The summed E-state index contributed by atoms with van der Waals surface area (Å²) in [6.45, 7) is 4.12. The quantitative estimate of drug-likeness (QED) is 0.495. The number of hydrogen-bond donors (Lipinski definition) is 2. The molecule has 2 aromatic carbocycles. The highest BCUT2D eigenvalue weighted by Crippen LogP contribution is 2.33. The number of nitrogens with one attached hydrogen (secondary N) is 2. The maximum absolute atomic E-state index is 12.7. The van der Waals surface area contributed by atoms with Gasteiger partial charge in [-0.2, -0.15) is 0 Å². The first kappa shape index (κ1) is 22.1. The third-order valence-corrected chi connectivity index (χ3v) is 5.20. The topological polar surface area (TPSA) is 114 Å². The van der Waals surface area contributed by atoms with Crippen molar-refractivity contribution in [3.8, 4) is 5.75 Å². The third-order valence-electron chi connectivity index (χ3n) is 5.20. The second kappa shape index (κ2) is 9.92. The van der Waals surface area contributed by atoms with E-state index in [2.05, 4.69) is 10.6 Å². The van der Waals surface area contributed by atoms with Gasteiger partial charge in [0.15, 0.2) is 6.10 Å². The number of benzene rings is 2. The smallest absolute Gasteiger partial charge is 0.292 e. The van der Waals surface area contributed by atoms with E-state index in [1.165, 1.54) is 18.2 Å². The summed E-state index contributed by atoms with van der Waals surface area (Å²) in [5, 5.41) is 16.8. The molecule has 0 bridgehead atoms. The summed E-state index contributed by atoms with van der Waals surface area (Å²) in [7, 11) is 0. The molecule has 164 valence electrons. The fourth-order valence-corrected chi connectivity index (χ4v) is 3.48. The second-order valence-corrected chi connectivity index (χ2v) is 7.30. The van der Waals surface area contributed by atoms with Gasteiger partial charge in [-0.1, -0.05) is 38.1 Å². The van der Waals surface area contributed by atoms with Crippen molar-refractivity contribution in [2.75, 3.05) is 23.3 Å². The maximum Gasteiger partial charge on any atom is 0.292 e. The number of carbonyl (C=O) groups excluding carboxylic acids is 2. The third kappa shape index (κ3) is 5.30. The zero-order valence-electron chi connectivity index (χ0n) is 17.5. The highest BCUT2D eigenvalue weighted by atomic mass is 16.6. The van der Waals surface area contributed by atoms with Crippen LogP contribution in [0.1, 0.15) is 26.7 Å². The molecule has 2 N–H and O–H groups in total. The van der Waals surface area contributed by atoms with E-state index >= 15 is 0 Å². The number of ether oxygens (including phenoxy) is 1. The van der Waals surface area contributed by atoms with E-state index in [1.54, 1.807) is 23.1 Å². The van der Waals surface area contributed by atoms with Gasteiger partial charge in [-0.05, 0) is 31.0 Å². The van der Waals surface area contributed by atoms with Crippen LogP contribution >= 0.6 is 0 Å². The van der Waals surface area contributed by atoms with Gasteiger partial charge in [-0.25, -0.2) is 0 Å². The molecule has 0 radical (unpaired) electrons. The largest absolute Gasteiger partial charge is 0.477 e. The highest BCUT2D eigenvalue weighted by molar-refractivity contribution is 5.96. The summed E-state index contributed by atoms with van der Waals surface area (Å²) in [6.07, 6.45) is 0.857. The molecule has 0 aliphatic carbocycles. The van der Waals surface area contributed by atoms with Crippen LogP contribution in [-0.4, -0.2) is 42.0 Å². The molecule has 31 heavy (non-hydrogen) atoms. The molecule has 0 fully saturated rings.